The van der Waals surface area contributed by atoms with Gasteiger partial charge in [-0.1, -0.05) is 13.8 Å². The first-order valence-corrected chi connectivity index (χ1v) is 8.38. The molecule has 2 aliphatic rings. The number of rotatable bonds is 1. The maximum absolute atomic E-state index is 12.0. The molecular formula is C18H22N4O2. The number of carbonyl (C=O) groups excluding carboxylic acids is 1. The third-order valence-electron chi connectivity index (χ3n) is 4.13. The molecule has 6 heteroatoms. The molecule has 0 unspecified atom stereocenters. The quantitative estimate of drug-likeness (QED) is 0.842. The molecule has 4 rings (SSSR count). The van der Waals surface area contributed by atoms with Gasteiger partial charge in [0.1, 0.15) is 23.9 Å². The molecule has 2 heterocycles. The zero-order valence-electron chi connectivity index (χ0n) is 14.3. The SMILES string of the molecule is CC.Cc1nc2c(c(N3CC(=O)Nc4cc(O)ccc43)n1)CCC2. The Bertz CT molecular complexity index is 789. The Morgan fingerprint density at radius 1 is 1.21 bits per heavy atom. The van der Waals surface area contributed by atoms with Gasteiger partial charge in [-0.3, -0.25) is 4.79 Å². The lowest BCUT2D eigenvalue weighted by Gasteiger charge is -2.31. The summed E-state index contributed by atoms with van der Waals surface area (Å²) in [6.45, 7) is 6.10. The summed E-state index contributed by atoms with van der Waals surface area (Å²) in [5.74, 6) is 1.56. The standard InChI is InChI=1S/C16H16N4O2.C2H6/c1-9-17-12-4-2-3-11(12)16(18-9)20-8-15(22)19-13-7-10(21)5-6-14(13)20;1-2/h5-7,21H,2-4,8H2,1H3,(H,19,22);1-2H3. The second-order valence-electron chi connectivity index (χ2n) is 5.71. The largest absolute Gasteiger partial charge is 0.508 e. The van der Waals surface area contributed by atoms with E-state index in [0.717, 1.165) is 47.8 Å². The van der Waals surface area contributed by atoms with Crippen LogP contribution in [0.5, 0.6) is 5.75 Å². The molecule has 1 aliphatic carbocycles. The molecule has 0 fully saturated rings. The van der Waals surface area contributed by atoms with Crippen molar-refractivity contribution in [3.8, 4) is 5.75 Å². The number of anilines is 3. The molecule has 0 spiro atoms. The molecule has 0 saturated carbocycles. The van der Waals surface area contributed by atoms with Gasteiger partial charge in [0.15, 0.2) is 0 Å². The minimum atomic E-state index is -0.110. The van der Waals surface area contributed by atoms with Gasteiger partial charge in [0.05, 0.1) is 11.4 Å². The predicted molar refractivity (Wildman–Crippen MR) is 93.9 cm³/mol. The zero-order chi connectivity index (χ0) is 17.3. The van der Waals surface area contributed by atoms with E-state index in [1.807, 2.05) is 31.7 Å². The van der Waals surface area contributed by atoms with Gasteiger partial charge in [0.25, 0.3) is 0 Å². The molecule has 0 radical (unpaired) electrons. The molecule has 126 valence electrons. The van der Waals surface area contributed by atoms with Crippen LogP contribution in [0.1, 0.15) is 37.4 Å². The maximum atomic E-state index is 12.0. The normalized spacial score (nSPS) is 15.1. The second-order valence-corrected chi connectivity index (χ2v) is 5.71. The number of nitrogens with zero attached hydrogens (tertiary/aromatic N) is 3. The summed E-state index contributed by atoms with van der Waals surface area (Å²) in [4.78, 5) is 23.1. The lowest BCUT2D eigenvalue weighted by Crippen LogP contribution is -2.36. The number of amides is 1. The van der Waals surface area contributed by atoms with E-state index < -0.39 is 0 Å². The molecule has 6 nitrogen and oxygen atoms in total. The average molecular weight is 326 g/mol. The number of hydrogen-bond acceptors (Lipinski definition) is 5. The Balaban J connectivity index is 0.000000815. The second kappa shape index (κ2) is 6.47. The van der Waals surface area contributed by atoms with Crippen molar-refractivity contribution in [1.29, 1.82) is 0 Å². The lowest BCUT2D eigenvalue weighted by atomic mass is 10.1. The minimum absolute atomic E-state index is 0.110. The van der Waals surface area contributed by atoms with Gasteiger partial charge in [-0.05, 0) is 38.3 Å². The first-order chi connectivity index (χ1) is 11.6. The van der Waals surface area contributed by atoms with E-state index in [0.29, 0.717) is 5.69 Å². The number of hydrogen-bond donors (Lipinski definition) is 2. The van der Waals surface area contributed by atoms with E-state index in [4.69, 9.17) is 0 Å². The average Bonchev–Trinajstić information content (AvgIpc) is 3.03. The van der Waals surface area contributed by atoms with E-state index in [1.54, 1.807) is 12.1 Å². The fourth-order valence-corrected chi connectivity index (χ4v) is 3.22. The van der Waals surface area contributed by atoms with E-state index >= 15 is 0 Å². The molecule has 24 heavy (non-hydrogen) atoms. The van der Waals surface area contributed by atoms with E-state index in [2.05, 4.69) is 15.3 Å². The summed E-state index contributed by atoms with van der Waals surface area (Å²) in [6.07, 6.45) is 2.98. The summed E-state index contributed by atoms with van der Waals surface area (Å²) in [6, 6.07) is 4.99. The fraction of sp³-hybridized carbons (Fsp3) is 0.389. The molecule has 1 aliphatic heterocycles. The number of phenols is 1. The number of fused-ring (bicyclic) bond motifs is 2. The molecule has 1 amide bonds. The number of aryl methyl sites for hydroxylation is 2. The van der Waals surface area contributed by atoms with Crippen molar-refractivity contribution in [3.05, 3.63) is 35.3 Å². The van der Waals surface area contributed by atoms with Crippen molar-refractivity contribution in [1.82, 2.24) is 9.97 Å². The van der Waals surface area contributed by atoms with Crippen LogP contribution >= 0.6 is 0 Å². The lowest BCUT2D eigenvalue weighted by molar-refractivity contribution is -0.115. The summed E-state index contributed by atoms with van der Waals surface area (Å²) in [5.41, 5.74) is 3.69. The van der Waals surface area contributed by atoms with Gasteiger partial charge < -0.3 is 15.3 Å². The molecular weight excluding hydrogens is 304 g/mol. The third kappa shape index (κ3) is 2.79. The first kappa shape index (κ1) is 16.2. The van der Waals surface area contributed by atoms with Crippen LogP contribution in [0.3, 0.4) is 0 Å². The Morgan fingerprint density at radius 2 is 2.00 bits per heavy atom. The summed E-state index contributed by atoms with van der Waals surface area (Å²) >= 11 is 0. The number of aromatic nitrogens is 2. The highest BCUT2D eigenvalue weighted by molar-refractivity contribution is 6.03. The summed E-state index contributed by atoms with van der Waals surface area (Å²) in [5, 5.41) is 12.4. The van der Waals surface area contributed by atoms with Crippen LogP contribution < -0.4 is 10.2 Å². The van der Waals surface area contributed by atoms with Crippen molar-refractivity contribution >= 4 is 23.1 Å². The minimum Gasteiger partial charge on any atom is -0.508 e. The molecule has 1 aromatic carbocycles. The van der Waals surface area contributed by atoms with Crippen LogP contribution in [-0.4, -0.2) is 27.5 Å². The van der Waals surface area contributed by atoms with Crippen LogP contribution in [0.25, 0.3) is 0 Å². The van der Waals surface area contributed by atoms with Crippen LogP contribution in [0, 0.1) is 6.92 Å². The van der Waals surface area contributed by atoms with Crippen molar-refractivity contribution in [2.75, 3.05) is 16.8 Å². The highest BCUT2D eigenvalue weighted by atomic mass is 16.3. The van der Waals surface area contributed by atoms with Crippen molar-refractivity contribution in [3.63, 3.8) is 0 Å². The number of nitrogens with one attached hydrogen (secondary N) is 1. The fourth-order valence-electron chi connectivity index (χ4n) is 3.22. The predicted octanol–water partition coefficient (Wildman–Crippen LogP) is 3.10. The number of carbonyl (C=O) groups is 1. The third-order valence-corrected chi connectivity index (χ3v) is 4.13. The van der Waals surface area contributed by atoms with Crippen LogP contribution in [0.4, 0.5) is 17.2 Å². The zero-order valence-corrected chi connectivity index (χ0v) is 14.3. The van der Waals surface area contributed by atoms with Gasteiger partial charge in [0.2, 0.25) is 5.91 Å². The molecule has 0 saturated heterocycles. The van der Waals surface area contributed by atoms with Gasteiger partial charge in [-0.2, -0.15) is 0 Å². The highest BCUT2D eigenvalue weighted by Crippen LogP contribution is 2.39. The van der Waals surface area contributed by atoms with Gasteiger partial charge in [0, 0.05) is 17.3 Å². The first-order valence-electron chi connectivity index (χ1n) is 8.38. The van der Waals surface area contributed by atoms with Crippen molar-refractivity contribution in [2.24, 2.45) is 0 Å². The molecule has 0 atom stereocenters. The van der Waals surface area contributed by atoms with E-state index in [1.165, 1.54) is 0 Å². The van der Waals surface area contributed by atoms with Crippen LogP contribution in [0.2, 0.25) is 0 Å². The van der Waals surface area contributed by atoms with Crippen LogP contribution in [0.15, 0.2) is 18.2 Å². The maximum Gasteiger partial charge on any atom is 0.244 e. The Kier molecular flexibility index (Phi) is 4.38. The van der Waals surface area contributed by atoms with Crippen LogP contribution in [-0.2, 0) is 17.6 Å². The Hall–Kier alpha value is -2.63. The van der Waals surface area contributed by atoms with E-state index in [9.17, 15) is 9.90 Å². The van der Waals surface area contributed by atoms with Crippen molar-refractivity contribution < 1.29 is 9.90 Å². The molecule has 2 N–H and O–H groups in total. The van der Waals surface area contributed by atoms with E-state index in [-0.39, 0.29) is 18.2 Å². The van der Waals surface area contributed by atoms with Crippen molar-refractivity contribution in [2.45, 2.75) is 40.0 Å². The smallest absolute Gasteiger partial charge is 0.244 e. The molecule has 1 aromatic heterocycles. The Morgan fingerprint density at radius 3 is 2.79 bits per heavy atom. The topological polar surface area (TPSA) is 78.4 Å². The summed E-state index contributed by atoms with van der Waals surface area (Å²) in [7, 11) is 0. The number of benzene rings is 1. The van der Waals surface area contributed by atoms with Gasteiger partial charge in [-0.15, -0.1) is 0 Å². The Labute approximate surface area is 141 Å². The van der Waals surface area contributed by atoms with Gasteiger partial charge >= 0.3 is 0 Å². The monoisotopic (exact) mass is 326 g/mol. The molecule has 2 aromatic rings. The van der Waals surface area contributed by atoms with Gasteiger partial charge in [-0.25, -0.2) is 9.97 Å². The highest BCUT2D eigenvalue weighted by Gasteiger charge is 2.29. The summed E-state index contributed by atoms with van der Waals surface area (Å²) < 4.78 is 0. The number of aromatic hydroxyl groups is 1. The number of phenolic OH excluding ortho intramolecular Hbond substituents is 1. The molecule has 0 bridgehead atoms.